The first-order chi connectivity index (χ1) is 8.08. The summed E-state index contributed by atoms with van der Waals surface area (Å²) in [5.41, 5.74) is 0.267. The van der Waals surface area contributed by atoms with Gasteiger partial charge in [-0.1, -0.05) is 0 Å². The fraction of sp³-hybridized carbons (Fsp3) is 0.455. The zero-order chi connectivity index (χ0) is 12.5. The summed E-state index contributed by atoms with van der Waals surface area (Å²) in [6.07, 6.45) is 1.74. The number of rotatable bonds is 5. The van der Waals surface area contributed by atoms with E-state index in [9.17, 15) is 15.2 Å². The van der Waals surface area contributed by atoms with Crippen molar-refractivity contribution < 1.29 is 14.8 Å². The maximum Gasteiger partial charge on any atom is 0.275 e. The predicted molar refractivity (Wildman–Crippen MR) is 62.3 cm³/mol. The quantitative estimate of drug-likeness (QED) is 0.600. The number of nitro groups is 1. The van der Waals surface area contributed by atoms with Crippen LogP contribution in [0, 0.1) is 10.1 Å². The zero-order valence-corrected chi connectivity index (χ0v) is 9.47. The normalized spacial score (nSPS) is 16.4. The molecular weight excluding hydrogens is 224 g/mol. The van der Waals surface area contributed by atoms with Gasteiger partial charge in [-0.15, -0.1) is 0 Å². The Morgan fingerprint density at radius 2 is 2.24 bits per heavy atom. The van der Waals surface area contributed by atoms with Gasteiger partial charge in [-0.3, -0.25) is 10.1 Å². The zero-order valence-electron chi connectivity index (χ0n) is 9.47. The van der Waals surface area contributed by atoms with Crippen molar-refractivity contribution in [3.05, 3.63) is 28.3 Å². The number of hydrogen-bond acceptors (Lipinski definition) is 5. The number of anilines is 1. The summed E-state index contributed by atoms with van der Waals surface area (Å²) in [6.45, 7) is 0.0258. The van der Waals surface area contributed by atoms with Crippen molar-refractivity contribution in [3.63, 3.8) is 0 Å². The minimum Gasteiger partial charge on any atom is -0.496 e. The molecule has 2 rings (SSSR count). The van der Waals surface area contributed by atoms with Gasteiger partial charge in [-0.2, -0.15) is 0 Å². The van der Waals surface area contributed by atoms with E-state index in [1.807, 2.05) is 0 Å². The number of aliphatic hydroxyl groups excluding tert-OH is 1. The number of methoxy groups -OCH3 is 1. The summed E-state index contributed by atoms with van der Waals surface area (Å²) in [4.78, 5) is 10.3. The Labute approximate surface area is 98.4 Å². The molecule has 0 aliphatic heterocycles. The van der Waals surface area contributed by atoms with Crippen molar-refractivity contribution >= 4 is 11.4 Å². The summed E-state index contributed by atoms with van der Waals surface area (Å²) >= 11 is 0. The SMILES string of the molecule is COc1cc(NC2(CO)CC2)cc([N+](=O)[O-])c1. The topological polar surface area (TPSA) is 84.6 Å². The monoisotopic (exact) mass is 238 g/mol. The Kier molecular flexibility index (Phi) is 2.89. The highest BCUT2D eigenvalue weighted by atomic mass is 16.6. The van der Waals surface area contributed by atoms with Crippen molar-refractivity contribution in [1.82, 2.24) is 0 Å². The molecule has 0 atom stereocenters. The number of nitrogens with zero attached hydrogens (tertiary/aromatic N) is 1. The van der Waals surface area contributed by atoms with Gasteiger partial charge >= 0.3 is 0 Å². The molecule has 0 spiro atoms. The predicted octanol–water partition coefficient (Wildman–Crippen LogP) is 1.54. The minimum atomic E-state index is -0.466. The molecule has 0 radical (unpaired) electrons. The molecule has 1 saturated carbocycles. The van der Waals surface area contributed by atoms with Gasteiger partial charge in [-0.05, 0) is 12.8 Å². The van der Waals surface area contributed by atoms with Gasteiger partial charge in [0.25, 0.3) is 5.69 Å². The Balaban J connectivity index is 2.26. The van der Waals surface area contributed by atoms with E-state index in [1.54, 1.807) is 6.07 Å². The molecule has 6 heteroatoms. The van der Waals surface area contributed by atoms with Crippen LogP contribution in [0.15, 0.2) is 18.2 Å². The van der Waals surface area contributed by atoms with Crippen LogP contribution in [-0.2, 0) is 0 Å². The fourth-order valence-electron chi connectivity index (χ4n) is 1.66. The lowest BCUT2D eigenvalue weighted by Gasteiger charge is -2.16. The number of non-ortho nitro benzene ring substituents is 1. The van der Waals surface area contributed by atoms with Crippen molar-refractivity contribution in [2.45, 2.75) is 18.4 Å². The summed E-state index contributed by atoms with van der Waals surface area (Å²) < 4.78 is 5.01. The number of nitro benzene ring substituents is 1. The molecule has 0 amide bonds. The van der Waals surface area contributed by atoms with E-state index in [0.717, 1.165) is 12.8 Å². The van der Waals surface area contributed by atoms with Gasteiger partial charge in [0.1, 0.15) is 5.75 Å². The van der Waals surface area contributed by atoms with Gasteiger partial charge < -0.3 is 15.2 Å². The highest BCUT2D eigenvalue weighted by molar-refractivity contribution is 5.58. The van der Waals surface area contributed by atoms with E-state index in [4.69, 9.17) is 4.74 Å². The lowest BCUT2D eigenvalue weighted by molar-refractivity contribution is -0.384. The van der Waals surface area contributed by atoms with E-state index in [2.05, 4.69) is 5.32 Å². The highest BCUT2D eigenvalue weighted by Crippen LogP contribution is 2.39. The summed E-state index contributed by atoms with van der Waals surface area (Å²) in [5.74, 6) is 0.426. The van der Waals surface area contributed by atoms with Crippen LogP contribution < -0.4 is 10.1 Å². The highest BCUT2D eigenvalue weighted by Gasteiger charge is 2.42. The number of benzene rings is 1. The van der Waals surface area contributed by atoms with Gasteiger partial charge in [0.15, 0.2) is 0 Å². The Morgan fingerprint density at radius 3 is 2.71 bits per heavy atom. The van der Waals surface area contributed by atoms with Crippen LogP contribution in [0.1, 0.15) is 12.8 Å². The van der Waals surface area contributed by atoms with E-state index < -0.39 is 4.92 Å². The number of hydrogen-bond donors (Lipinski definition) is 2. The molecule has 1 aliphatic carbocycles. The number of nitrogens with one attached hydrogen (secondary N) is 1. The average Bonchev–Trinajstić information content (AvgIpc) is 3.09. The Bertz CT molecular complexity index is 443. The summed E-state index contributed by atoms with van der Waals surface area (Å²) in [6, 6.07) is 4.49. The molecule has 0 aromatic heterocycles. The molecule has 6 nitrogen and oxygen atoms in total. The first-order valence-corrected chi connectivity index (χ1v) is 5.31. The first kappa shape index (κ1) is 11.7. The molecule has 1 aromatic rings. The molecule has 92 valence electrons. The third-order valence-corrected chi connectivity index (χ3v) is 2.90. The second kappa shape index (κ2) is 4.21. The van der Waals surface area contributed by atoms with Crippen LogP contribution in [0.4, 0.5) is 11.4 Å². The van der Waals surface area contributed by atoms with Gasteiger partial charge in [0.05, 0.1) is 30.2 Å². The third kappa shape index (κ3) is 2.47. The van der Waals surface area contributed by atoms with Gasteiger partial charge in [0, 0.05) is 17.8 Å². The third-order valence-electron chi connectivity index (χ3n) is 2.90. The number of ether oxygens (including phenoxy) is 1. The van der Waals surface area contributed by atoms with Crippen molar-refractivity contribution in [2.24, 2.45) is 0 Å². The molecule has 0 saturated heterocycles. The Morgan fingerprint density at radius 1 is 1.53 bits per heavy atom. The Hall–Kier alpha value is -1.82. The van der Waals surface area contributed by atoms with Crippen LogP contribution >= 0.6 is 0 Å². The van der Waals surface area contributed by atoms with Crippen LogP contribution in [0.25, 0.3) is 0 Å². The molecule has 0 bridgehead atoms. The van der Waals surface area contributed by atoms with Crippen molar-refractivity contribution in [2.75, 3.05) is 19.0 Å². The number of aliphatic hydroxyl groups is 1. The van der Waals surface area contributed by atoms with E-state index >= 15 is 0 Å². The molecule has 1 aliphatic rings. The minimum absolute atomic E-state index is 0.0258. The fourth-order valence-corrected chi connectivity index (χ4v) is 1.66. The molecule has 1 fully saturated rings. The molecule has 0 unspecified atom stereocenters. The van der Waals surface area contributed by atoms with Gasteiger partial charge in [-0.25, -0.2) is 0 Å². The van der Waals surface area contributed by atoms with Crippen LogP contribution in [0.2, 0.25) is 0 Å². The van der Waals surface area contributed by atoms with Gasteiger partial charge in [0.2, 0.25) is 0 Å². The molecular formula is C11H14N2O4. The molecule has 17 heavy (non-hydrogen) atoms. The maximum atomic E-state index is 10.7. The lowest BCUT2D eigenvalue weighted by Crippen LogP contribution is -2.25. The standard InChI is InChI=1S/C11H14N2O4/c1-17-10-5-8(4-9(6-10)13(15)16)12-11(7-14)2-3-11/h4-6,12,14H,2-3,7H2,1H3. The molecule has 0 heterocycles. The average molecular weight is 238 g/mol. The van der Waals surface area contributed by atoms with E-state index in [-0.39, 0.29) is 17.8 Å². The summed E-state index contributed by atoms with van der Waals surface area (Å²) in [7, 11) is 1.46. The first-order valence-electron chi connectivity index (χ1n) is 5.31. The van der Waals surface area contributed by atoms with Crippen molar-refractivity contribution in [1.29, 1.82) is 0 Å². The molecule has 1 aromatic carbocycles. The maximum absolute atomic E-state index is 10.7. The smallest absolute Gasteiger partial charge is 0.275 e. The second-order valence-electron chi connectivity index (χ2n) is 4.24. The van der Waals surface area contributed by atoms with Crippen LogP contribution in [-0.4, -0.2) is 29.3 Å². The largest absolute Gasteiger partial charge is 0.496 e. The van der Waals surface area contributed by atoms with E-state index in [1.165, 1.54) is 19.2 Å². The van der Waals surface area contributed by atoms with Crippen molar-refractivity contribution in [3.8, 4) is 5.75 Å². The lowest BCUT2D eigenvalue weighted by atomic mass is 10.2. The molecule has 2 N–H and O–H groups in total. The summed E-state index contributed by atoms with van der Waals surface area (Å²) in [5, 5.41) is 23.1. The second-order valence-corrected chi connectivity index (χ2v) is 4.24. The van der Waals surface area contributed by atoms with Crippen LogP contribution in [0.3, 0.4) is 0 Å². The van der Waals surface area contributed by atoms with E-state index in [0.29, 0.717) is 11.4 Å². The van der Waals surface area contributed by atoms with Crippen LogP contribution in [0.5, 0.6) is 5.75 Å².